The van der Waals surface area contributed by atoms with Gasteiger partial charge in [-0.1, -0.05) is 12.1 Å². The van der Waals surface area contributed by atoms with Gasteiger partial charge in [-0.05, 0) is 55.3 Å². The van der Waals surface area contributed by atoms with Crippen LogP contribution in [0.15, 0.2) is 47.4 Å². The molecule has 1 N–H and O–H groups in total. The largest absolute Gasteiger partial charge is 0.497 e. The van der Waals surface area contributed by atoms with Crippen molar-refractivity contribution in [3.63, 3.8) is 0 Å². The molecule has 0 heterocycles. The number of carbonyl (C=O) groups is 1. The van der Waals surface area contributed by atoms with Crippen molar-refractivity contribution in [3.8, 4) is 5.75 Å². The van der Waals surface area contributed by atoms with Crippen molar-refractivity contribution in [1.29, 1.82) is 0 Å². The van der Waals surface area contributed by atoms with Gasteiger partial charge >= 0.3 is 0 Å². The highest BCUT2D eigenvalue weighted by Gasteiger charge is 2.24. The van der Waals surface area contributed by atoms with E-state index >= 15 is 0 Å². The lowest BCUT2D eigenvalue weighted by Crippen LogP contribution is -2.35. The van der Waals surface area contributed by atoms with Gasteiger partial charge in [-0.3, -0.25) is 4.79 Å². The summed E-state index contributed by atoms with van der Waals surface area (Å²) in [6, 6.07) is 12.0. The number of aryl methyl sites for hydroxylation is 2. The molecule has 2 aromatic carbocycles. The summed E-state index contributed by atoms with van der Waals surface area (Å²) in [7, 11) is -0.788. The van der Waals surface area contributed by atoms with Crippen molar-refractivity contribution in [3.05, 3.63) is 53.6 Å². The normalized spacial score (nSPS) is 11.4. The monoisotopic (exact) mass is 362 g/mol. The summed E-state index contributed by atoms with van der Waals surface area (Å²) in [6.07, 6.45) is 0. The number of benzene rings is 2. The Hall–Kier alpha value is -2.38. The van der Waals surface area contributed by atoms with Crippen molar-refractivity contribution >= 4 is 21.6 Å². The minimum Gasteiger partial charge on any atom is -0.497 e. The molecule has 0 spiro atoms. The van der Waals surface area contributed by atoms with E-state index in [9.17, 15) is 13.2 Å². The number of hydrogen-bond donors (Lipinski definition) is 1. The summed E-state index contributed by atoms with van der Waals surface area (Å²) in [6.45, 7) is 3.29. The van der Waals surface area contributed by atoms with E-state index in [1.165, 1.54) is 7.05 Å². The summed E-state index contributed by atoms with van der Waals surface area (Å²) in [5.74, 6) is 0.258. The number of nitrogens with zero attached hydrogens (tertiary/aromatic N) is 1. The Kier molecular flexibility index (Phi) is 5.81. The van der Waals surface area contributed by atoms with E-state index in [-0.39, 0.29) is 11.4 Å². The zero-order valence-electron chi connectivity index (χ0n) is 14.7. The number of anilines is 1. The Bertz CT molecular complexity index is 861. The van der Waals surface area contributed by atoms with E-state index in [1.807, 2.05) is 13.0 Å². The number of sulfonamides is 1. The van der Waals surface area contributed by atoms with Crippen molar-refractivity contribution in [2.24, 2.45) is 0 Å². The van der Waals surface area contributed by atoms with Crippen LogP contribution in [0.5, 0.6) is 5.75 Å². The first-order valence-electron chi connectivity index (χ1n) is 7.71. The molecule has 7 heteroatoms. The Morgan fingerprint density at radius 1 is 1.12 bits per heavy atom. The molecule has 0 unspecified atom stereocenters. The van der Waals surface area contributed by atoms with Crippen LogP contribution in [0, 0.1) is 13.8 Å². The highest BCUT2D eigenvalue weighted by atomic mass is 32.2. The van der Waals surface area contributed by atoms with Crippen LogP contribution < -0.4 is 10.1 Å². The molecular formula is C18H22N2O4S. The van der Waals surface area contributed by atoms with Gasteiger partial charge in [-0.2, -0.15) is 4.31 Å². The SMILES string of the molecule is COc1ccc(NC(=O)CN(C)S(=O)(=O)c2cc(C)ccc2C)cc1. The molecule has 25 heavy (non-hydrogen) atoms. The van der Waals surface area contributed by atoms with Gasteiger partial charge in [0.05, 0.1) is 18.6 Å². The number of methoxy groups -OCH3 is 1. The fraction of sp³-hybridized carbons (Fsp3) is 0.278. The van der Waals surface area contributed by atoms with Crippen molar-refractivity contribution in [1.82, 2.24) is 4.31 Å². The summed E-state index contributed by atoms with van der Waals surface area (Å²) < 4.78 is 31.5. The van der Waals surface area contributed by atoms with Crippen LogP contribution in [-0.4, -0.2) is 39.3 Å². The maximum absolute atomic E-state index is 12.7. The lowest BCUT2D eigenvalue weighted by molar-refractivity contribution is -0.116. The second kappa shape index (κ2) is 7.67. The Morgan fingerprint density at radius 2 is 1.76 bits per heavy atom. The number of ether oxygens (including phenoxy) is 1. The Balaban J connectivity index is 2.10. The summed E-state index contributed by atoms with van der Waals surface area (Å²) in [5, 5.41) is 2.67. The maximum atomic E-state index is 12.7. The second-order valence-electron chi connectivity index (χ2n) is 5.81. The average Bonchev–Trinajstić information content (AvgIpc) is 2.57. The van der Waals surface area contributed by atoms with E-state index in [4.69, 9.17) is 4.74 Å². The average molecular weight is 362 g/mol. The summed E-state index contributed by atoms with van der Waals surface area (Å²) in [4.78, 5) is 12.4. The molecule has 0 fully saturated rings. The van der Waals surface area contributed by atoms with Crippen molar-refractivity contribution in [2.75, 3.05) is 26.0 Å². The molecule has 0 saturated heterocycles. The highest BCUT2D eigenvalue weighted by Crippen LogP contribution is 2.20. The third-order valence-electron chi connectivity index (χ3n) is 3.77. The molecule has 2 aromatic rings. The molecule has 0 saturated carbocycles. The third-order valence-corrected chi connectivity index (χ3v) is 5.72. The topological polar surface area (TPSA) is 75.7 Å². The molecule has 1 amide bonds. The minimum absolute atomic E-state index is 0.215. The first-order valence-corrected chi connectivity index (χ1v) is 9.15. The van der Waals surface area contributed by atoms with E-state index in [2.05, 4.69) is 5.32 Å². The van der Waals surface area contributed by atoms with E-state index in [0.717, 1.165) is 9.87 Å². The molecule has 2 rings (SSSR count). The summed E-state index contributed by atoms with van der Waals surface area (Å²) in [5.41, 5.74) is 2.07. The van der Waals surface area contributed by atoms with Gasteiger partial charge in [0.1, 0.15) is 5.75 Å². The number of amides is 1. The second-order valence-corrected chi connectivity index (χ2v) is 7.82. The number of hydrogen-bond acceptors (Lipinski definition) is 4. The Labute approximate surface area is 148 Å². The van der Waals surface area contributed by atoms with Gasteiger partial charge in [0.25, 0.3) is 0 Å². The fourth-order valence-electron chi connectivity index (χ4n) is 2.32. The van der Waals surface area contributed by atoms with Gasteiger partial charge in [0, 0.05) is 12.7 Å². The first-order chi connectivity index (χ1) is 11.7. The van der Waals surface area contributed by atoms with Crippen LogP contribution in [0.4, 0.5) is 5.69 Å². The van der Waals surface area contributed by atoms with Crippen LogP contribution in [0.3, 0.4) is 0 Å². The number of nitrogens with one attached hydrogen (secondary N) is 1. The van der Waals surface area contributed by atoms with Gasteiger partial charge in [-0.25, -0.2) is 8.42 Å². The summed E-state index contributed by atoms with van der Waals surface area (Å²) >= 11 is 0. The lowest BCUT2D eigenvalue weighted by atomic mass is 10.2. The minimum atomic E-state index is -3.74. The van der Waals surface area contributed by atoms with Crippen molar-refractivity contribution in [2.45, 2.75) is 18.7 Å². The predicted molar refractivity (Wildman–Crippen MR) is 97.4 cm³/mol. The Morgan fingerprint density at radius 3 is 2.36 bits per heavy atom. The van der Waals surface area contributed by atoms with Gasteiger partial charge < -0.3 is 10.1 Å². The molecule has 134 valence electrons. The number of carbonyl (C=O) groups excluding carboxylic acids is 1. The smallest absolute Gasteiger partial charge is 0.243 e. The maximum Gasteiger partial charge on any atom is 0.243 e. The van der Waals surface area contributed by atoms with Crippen LogP contribution in [0.2, 0.25) is 0 Å². The van der Waals surface area contributed by atoms with Crippen molar-refractivity contribution < 1.29 is 17.9 Å². The predicted octanol–water partition coefficient (Wildman–Crippen LogP) is 2.57. The zero-order chi connectivity index (χ0) is 18.6. The van der Waals surface area contributed by atoms with Crippen LogP contribution in [0.1, 0.15) is 11.1 Å². The van der Waals surface area contributed by atoms with Crippen LogP contribution in [-0.2, 0) is 14.8 Å². The molecule has 0 atom stereocenters. The molecule has 6 nitrogen and oxygen atoms in total. The van der Waals surface area contributed by atoms with Crippen LogP contribution in [0.25, 0.3) is 0 Å². The molecule has 0 aliphatic carbocycles. The van der Waals surface area contributed by atoms with E-state index < -0.39 is 15.9 Å². The lowest BCUT2D eigenvalue weighted by Gasteiger charge is -2.18. The molecular weight excluding hydrogens is 340 g/mol. The van der Waals surface area contributed by atoms with Gasteiger partial charge in [0.15, 0.2) is 0 Å². The van der Waals surface area contributed by atoms with Gasteiger partial charge in [-0.15, -0.1) is 0 Å². The highest BCUT2D eigenvalue weighted by molar-refractivity contribution is 7.89. The molecule has 0 aliphatic heterocycles. The fourth-order valence-corrected chi connectivity index (χ4v) is 3.75. The van der Waals surface area contributed by atoms with Gasteiger partial charge in [0.2, 0.25) is 15.9 Å². The first kappa shape index (κ1) is 19.0. The number of rotatable bonds is 6. The molecule has 0 aliphatic rings. The van der Waals surface area contributed by atoms with Crippen LogP contribution >= 0.6 is 0 Å². The quantitative estimate of drug-likeness (QED) is 0.857. The molecule has 0 aromatic heterocycles. The van der Waals surface area contributed by atoms with E-state index in [1.54, 1.807) is 50.4 Å². The molecule has 0 radical (unpaired) electrons. The standard InChI is InChI=1S/C18H22N2O4S/c1-13-5-6-14(2)17(11-13)25(22,23)20(3)12-18(21)19-15-7-9-16(24-4)10-8-15/h5-11H,12H2,1-4H3,(H,19,21). The van der Waals surface area contributed by atoms with E-state index in [0.29, 0.717) is 17.0 Å². The third kappa shape index (κ3) is 4.58. The zero-order valence-corrected chi connectivity index (χ0v) is 15.6. The number of likely N-dealkylation sites (N-methyl/N-ethyl adjacent to an activating group) is 1. The molecule has 0 bridgehead atoms.